The monoisotopic (exact) mass is 214 g/mol. The van der Waals surface area contributed by atoms with E-state index in [1.165, 1.54) is 16.3 Å². The van der Waals surface area contributed by atoms with Crippen molar-refractivity contribution in [3.8, 4) is 0 Å². The molecule has 2 N–H and O–H groups in total. The second-order valence-electron chi connectivity index (χ2n) is 3.53. The van der Waals surface area contributed by atoms with Gasteiger partial charge >= 0.3 is 0 Å². The predicted molar refractivity (Wildman–Crippen MR) is 66.5 cm³/mol. The SMILES string of the molecule is NC1=Nc2c(ccc3ccccc23)CS1. The zero-order valence-electron chi connectivity index (χ0n) is 8.10. The quantitative estimate of drug-likeness (QED) is 0.732. The molecule has 1 heterocycles. The fourth-order valence-corrected chi connectivity index (χ4v) is 2.54. The molecule has 2 nitrogen and oxygen atoms in total. The number of thioether (sulfide) groups is 1. The fourth-order valence-electron chi connectivity index (χ4n) is 1.84. The van der Waals surface area contributed by atoms with Crippen LogP contribution in [0.2, 0.25) is 0 Å². The maximum absolute atomic E-state index is 5.75. The lowest BCUT2D eigenvalue weighted by Gasteiger charge is -2.14. The average Bonchev–Trinajstić information content (AvgIpc) is 2.29. The number of hydrogen-bond acceptors (Lipinski definition) is 3. The minimum Gasteiger partial charge on any atom is -0.378 e. The van der Waals surface area contributed by atoms with Crippen LogP contribution >= 0.6 is 11.8 Å². The third kappa shape index (κ3) is 1.39. The molecule has 2 aromatic rings. The number of aliphatic imine (C=N–C) groups is 1. The molecule has 0 bridgehead atoms. The highest BCUT2D eigenvalue weighted by Crippen LogP contribution is 2.35. The number of fused-ring (bicyclic) bond motifs is 3. The van der Waals surface area contributed by atoms with E-state index in [9.17, 15) is 0 Å². The molecule has 0 radical (unpaired) electrons. The Morgan fingerprint density at radius 3 is 2.93 bits per heavy atom. The van der Waals surface area contributed by atoms with Crippen molar-refractivity contribution in [2.45, 2.75) is 5.75 Å². The average molecular weight is 214 g/mol. The number of amidine groups is 1. The lowest BCUT2D eigenvalue weighted by Crippen LogP contribution is -2.09. The van der Waals surface area contributed by atoms with E-state index in [4.69, 9.17) is 5.73 Å². The van der Waals surface area contributed by atoms with Crippen LogP contribution in [0.5, 0.6) is 0 Å². The Morgan fingerprint density at radius 1 is 1.13 bits per heavy atom. The van der Waals surface area contributed by atoms with E-state index in [2.05, 4.69) is 29.3 Å². The molecule has 15 heavy (non-hydrogen) atoms. The summed E-state index contributed by atoms with van der Waals surface area (Å²) in [6.45, 7) is 0. The minimum atomic E-state index is 0.666. The highest BCUT2D eigenvalue weighted by Gasteiger charge is 2.12. The molecular weight excluding hydrogens is 204 g/mol. The van der Waals surface area contributed by atoms with Crippen molar-refractivity contribution >= 4 is 33.4 Å². The Morgan fingerprint density at radius 2 is 2.00 bits per heavy atom. The van der Waals surface area contributed by atoms with Crippen LogP contribution in [0.15, 0.2) is 41.4 Å². The molecular formula is C12H10N2S. The van der Waals surface area contributed by atoms with Gasteiger partial charge in [-0.25, -0.2) is 4.99 Å². The predicted octanol–water partition coefficient (Wildman–Crippen LogP) is 3.03. The molecule has 0 spiro atoms. The maximum Gasteiger partial charge on any atom is 0.159 e. The highest BCUT2D eigenvalue weighted by molar-refractivity contribution is 8.13. The Kier molecular flexibility index (Phi) is 1.92. The van der Waals surface area contributed by atoms with Crippen molar-refractivity contribution in [3.63, 3.8) is 0 Å². The topological polar surface area (TPSA) is 38.4 Å². The zero-order chi connectivity index (χ0) is 10.3. The Hall–Kier alpha value is -1.48. The van der Waals surface area contributed by atoms with Gasteiger partial charge in [0, 0.05) is 11.1 Å². The number of nitrogens with two attached hydrogens (primary N) is 1. The van der Waals surface area contributed by atoms with E-state index in [-0.39, 0.29) is 0 Å². The van der Waals surface area contributed by atoms with Crippen molar-refractivity contribution in [1.29, 1.82) is 0 Å². The Balaban J connectivity index is 2.39. The summed E-state index contributed by atoms with van der Waals surface area (Å²) in [5.74, 6) is 0.926. The van der Waals surface area contributed by atoms with Gasteiger partial charge in [0.05, 0.1) is 5.69 Å². The Bertz CT molecular complexity index is 561. The molecule has 0 aliphatic carbocycles. The molecule has 74 valence electrons. The van der Waals surface area contributed by atoms with Crippen LogP contribution in [0.4, 0.5) is 5.69 Å². The third-order valence-electron chi connectivity index (χ3n) is 2.58. The van der Waals surface area contributed by atoms with Crippen molar-refractivity contribution in [1.82, 2.24) is 0 Å². The molecule has 0 atom stereocenters. The van der Waals surface area contributed by atoms with E-state index in [0.717, 1.165) is 11.4 Å². The van der Waals surface area contributed by atoms with Crippen LogP contribution in [0.1, 0.15) is 5.56 Å². The molecule has 0 unspecified atom stereocenters. The molecule has 3 heteroatoms. The van der Waals surface area contributed by atoms with Crippen LogP contribution in [0.3, 0.4) is 0 Å². The number of benzene rings is 2. The van der Waals surface area contributed by atoms with Crippen molar-refractivity contribution in [2.75, 3.05) is 0 Å². The van der Waals surface area contributed by atoms with Gasteiger partial charge in [0.1, 0.15) is 0 Å². The van der Waals surface area contributed by atoms with Crippen LogP contribution in [-0.2, 0) is 5.75 Å². The van der Waals surface area contributed by atoms with E-state index in [1.54, 1.807) is 11.8 Å². The molecule has 0 amide bonds. The first kappa shape index (κ1) is 8.80. The first-order chi connectivity index (χ1) is 7.34. The lowest BCUT2D eigenvalue weighted by molar-refractivity contribution is 1.37. The van der Waals surface area contributed by atoms with Crippen molar-refractivity contribution in [2.24, 2.45) is 10.7 Å². The number of hydrogen-bond donors (Lipinski definition) is 1. The molecule has 1 aliphatic heterocycles. The summed E-state index contributed by atoms with van der Waals surface area (Å²) in [5, 5.41) is 3.08. The van der Waals surface area contributed by atoms with E-state index >= 15 is 0 Å². The maximum atomic E-state index is 5.75. The summed E-state index contributed by atoms with van der Waals surface area (Å²) in [4.78, 5) is 4.43. The normalized spacial score (nSPS) is 14.8. The summed E-state index contributed by atoms with van der Waals surface area (Å²) < 4.78 is 0. The summed E-state index contributed by atoms with van der Waals surface area (Å²) in [7, 11) is 0. The first-order valence-electron chi connectivity index (χ1n) is 4.82. The second kappa shape index (κ2) is 3.28. The van der Waals surface area contributed by atoms with Gasteiger partial charge in [0.15, 0.2) is 5.17 Å². The van der Waals surface area contributed by atoms with Crippen molar-refractivity contribution < 1.29 is 0 Å². The lowest BCUT2D eigenvalue weighted by atomic mass is 10.1. The van der Waals surface area contributed by atoms with Crippen LogP contribution in [-0.4, -0.2) is 5.17 Å². The number of rotatable bonds is 0. The van der Waals surface area contributed by atoms with Gasteiger partial charge in [-0.1, -0.05) is 48.2 Å². The molecule has 3 rings (SSSR count). The van der Waals surface area contributed by atoms with E-state index in [1.807, 2.05) is 12.1 Å². The highest BCUT2D eigenvalue weighted by atomic mass is 32.2. The van der Waals surface area contributed by atoms with Gasteiger partial charge < -0.3 is 5.73 Å². The van der Waals surface area contributed by atoms with Crippen LogP contribution < -0.4 is 5.73 Å². The number of nitrogens with zero attached hydrogens (tertiary/aromatic N) is 1. The summed E-state index contributed by atoms with van der Waals surface area (Å²) >= 11 is 1.60. The standard InChI is InChI=1S/C12H10N2S/c13-12-14-11-9(7-15-12)6-5-8-3-1-2-4-10(8)11/h1-6H,7H2,(H2,13,14). The summed E-state index contributed by atoms with van der Waals surface area (Å²) in [5.41, 5.74) is 8.07. The summed E-state index contributed by atoms with van der Waals surface area (Å²) in [6, 6.07) is 12.6. The molecule has 0 fully saturated rings. The van der Waals surface area contributed by atoms with Crippen molar-refractivity contribution in [3.05, 3.63) is 42.0 Å². The fraction of sp³-hybridized carbons (Fsp3) is 0.0833. The van der Waals surface area contributed by atoms with Gasteiger partial charge in [-0.05, 0) is 10.9 Å². The minimum absolute atomic E-state index is 0.666. The second-order valence-corrected chi connectivity index (χ2v) is 4.53. The third-order valence-corrected chi connectivity index (χ3v) is 3.42. The van der Waals surface area contributed by atoms with Crippen LogP contribution in [0.25, 0.3) is 10.8 Å². The van der Waals surface area contributed by atoms with Gasteiger partial charge in [0.2, 0.25) is 0 Å². The largest absolute Gasteiger partial charge is 0.378 e. The molecule has 1 aliphatic rings. The van der Waals surface area contributed by atoms with E-state index < -0.39 is 0 Å². The van der Waals surface area contributed by atoms with Crippen LogP contribution in [0, 0.1) is 0 Å². The zero-order valence-corrected chi connectivity index (χ0v) is 8.92. The van der Waals surface area contributed by atoms with Gasteiger partial charge in [0.25, 0.3) is 0 Å². The van der Waals surface area contributed by atoms with E-state index in [0.29, 0.717) is 5.17 Å². The smallest absolute Gasteiger partial charge is 0.159 e. The first-order valence-corrected chi connectivity index (χ1v) is 5.81. The van der Waals surface area contributed by atoms with Gasteiger partial charge in [-0.3, -0.25) is 0 Å². The molecule has 0 saturated carbocycles. The van der Waals surface area contributed by atoms with Gasteiger partial charge in [-0.2, -0.15) is 0 Å². The van der Waals surface area contributed by atoms with Gasteiger partial charge in [-0.15, -0.1) is 0 Å². The molecule has 0 aromatic heterocycles. The Labute approximate surface area is 92.2 Å². The molecule has 0 saturated heterocycles. The molecule has 2 aromatic carbocycles. The summed E-state index contributed by atoms with van der Waals surface area (Å²) in [6.07, 6.45) is 0.